The Morgan fingerprint density at radius 1 is 1.53 bits per heavy atom. The van der Waals surface area contributed by atoms with Crippen LogP contribution in [0.25, 0.3) is 4.85 Å². The fraction of sp³-hybridized carbons (Fsp3) is 0.385. The Morgan fingerprint density at radius 2 is 2.35 bits per heavy atom. The lowest BCUT2D eigenvalue weighted by molar-refractivity contribution is 0.171. The van der Waals surface area contributed by atoms with E-state index < -0.39 is 0 Å². The summed E-state index contributed by atoms with van der Waals surface area (Å²) in [6, 6.07) is 5.76. The second-order valence-corrected chi connectivity index (χ2v) is 4.45. The molecule has 1 saturated carbocycles. The molecule has 0 saturated heterocycles. The summed E-state index contributed by atoms with van der Waals surface area (Å²) in [6.45, 7) is 7.03. The second-order valence-electron chi connectivity index (χ2n) is 4.45. The van der Waals surface area contributed by atoms with Crippen molar-refractivity contribution in [3.05, 3.63) is 35.2 Å². The van der Waals surface area contributed by atoms with Crippen molar-refractivity contribution in [2.75, 3.05) is 12.0 Å². The molecule has 2 atom stereocenters. The summed E-state index contributed by atoms with van der Waals surface area (Å²) in [7, 11) is 1.40. The summed E-state index contributed by atoms with van der Waals surface area (Å²) in [5.41, 5.74) is 2.68. The minimum absolute atomic E-state index is 0.235. The molecule has 1 fully saturated rings. The number of amides is 1. The van der Waals surface area contributed by atoms with Crippen LogP contribution in [0.5, 0.6) is 0 Å². The average Bonchev–Trinajstić information content (AvgIpc) is 2.54. The monoisotopic (exact) mass is 228 g/mol. The van der Waals surface area contributed by atoms with Gasteiger partial charge in [0.1, 0.15) is 0 Å². The molecule has 0 N–H and O–H groups in total. The molecule has 0 bridgehead atoms. The summed E-state index contributed by atoms with van der Waals surface area (Å²) in [5, 5.41) is 0. The van der Waals surface area contributed by atoms with E-state index in [9.17, 15) is 4.79 Å². The first kappa shape index (κ1) is 10.2. The maximum atomic E-state index is 11.8. The van der Waals surface area contributed by atoms with Gasteiger partial charge in [-0.25, -0.2) is 9.64 Å². The molecule has 1 aliphatic heterocycles. The van der Waals surface area contributed by atoms with Crippen LogP contribution in [0, 0.1) is 6.57 Å². The molecule has 0 radical (unpaired) electrons. The highest BCUT2D eigenvalue weighted by Gasteiger charge is 2.47. The topological polar surface area (TPSA) is 33.9 Å². The lowest BCUT2D eigenvalue weighted by atomic mass is 9.77. The number of fused-ring (bicyclic) bond motifs is 3. The first-order valence-electron chi connectivity index (χ1n) is 5.65. The minimum Gasteiger partial charge on any atom is -0.452 e. The van der Waals surface area contributed by atoms with Crippen LogP contribution in [0.2, 0.25) is 0 Å². The van der Waals surface area contributed by atoms with Crippen LogP contribution >= 0.6 is 0 Å². The molecule has 1 aromatic rings. The predicted molar refractivity (Wildman–Crippen MR) is 63.4 cm³/mol. The SMILES string of the molecule is [C-]#[N+]c1ccc2c(c1)C1CCC1N2C(=O)OC. The van der Waals surface area contributed by atoms with E-state index in [1.54, 1.807) is 11.0 Å². The van der Waals surface area contributed by atoms with Crippen molar-refractivity contribution in [1.82, 2.24) is 0 Å². The van der Waals surface area contributed by atoms with Gasteiger partial charge in [-0.05, 0) is 24.5 Å². The van der Waals surface area contributed by atoms with E-state index in [0.29, 0.717) is 11.6 Å². The predicted octanol–water partition coefficient (Wildman–Crippen LogP) is 3.07. The number of rotatable bonds is 0. The van der Waals surface area contributed by atoms with Gasteiger partial charge in [-0.3, -0.25) is 4.90 Å². The second kappa shape index (κ2) is 3.49. The fourth-order valence-electron chi connectivity index (χ4n) is 2.79. The maximum Gasteiger partial charge on any atom is 0.414 e. The molecule has 2 unspecified atom stereocenters. The number of nitrogens with zero attached hydrogens (tertiary/aromatic N) is 2. The molecule has 4 heteroatoms. The van der Waals surface area contributed by atoms with Crippen LogP contribution < -0.4 is 4.90 Å². The molecule has 4 nitrogen and oxygen atoms in total. The number of benzene rings is 1. The number of ether oxygens (including phenoxy) is 1. The fourth-order valence-corrected chi connectivity index (χ4v) is 2.79. The van der Waals surface area contributed by atoms with Gasteiger partial charge < -0.3 is 4.74 Å². The van der Waals surface area contributed by atoms with Crippen molar-refractivity contribution >= 4 is 17.5 Å². The smallest absolute Gasteiger partial charge is 0.414 e. The zero-order valence-corrected chi connectivity index (χ0v) is 9.51. The van der Waals surface area contributed by atoms with Crippen LogP contribution in [0.4, 0.5) is 16.2 Å². The molecule has 0 aromatic heterocycles. The lowest BCUT2D eigenvalue weighted by Gasteiger charge is -2.35. The van der Waals surface area contributed by atoms with Gasteiger partial charge in [0.05, 0.1) is 13.7 Å². The Morgan fingerprint density at radius 3 is 2.94 bits per heavy atom. The summed E-state index contributed by atoms with van der Waals surface area (Å²) >= 11 is 0. The van der Waals surface area contributed by atoms with Gasteiger partial charge in [-0.2, -0.15) is 0 Å². The summed E-state index contributed by atoms with van der Waals surface area (Å²) in [5.74, 6) is 0.394. The van der Waals surface area contributed by atoms with E-state index in [1.165, 1.54) is 7.11 Å². The van der Waals surface area contributed by atoms with E-state index in [0.717, 1.165) is 24.1 Å². The first-order chi connectivity index (χ1) is 8.26. The van der Waals surface area contributed by atoms with Crippen LogP contribution in [0.15, 0.2) is 18.2 Å². The van der Waals surface area contributed by atoms with Crippen LogP contribution in [-0.2, 0) is 4.74 Å². The number of hydrogen-bond acceptors (Lipinski definition) is 2. The van der Waals surface area contributed by atoms with Gasteiger partial charge in [0.25, 0.3) is 0 Å². The number of methoxy groups -OCH3 is 1. The Bertz CT molecular complexity index is 533. The van der Waals surface area contributed by atoms with E-state index >= 15 is 0 Å². The van der Waals surface area contributed by atoms with E-state index in [2.05, 4.69) is 4.85 Å². The molecule has 17 heavy (non-hydrogen) atoms. The van der Waals surface area contributed by atoms with Crippen molar-refractivity contribution in [2.24, 2.45) is 0 Å². The number of anilines is 1. The number of carbonyl (C=O) groups is 1. The highest BCUT2D eigenvalue weighted by Crippen LogP contribution is 2.52. The molecule has 1 amide bonds. The Kier molecular flexibility index (Phi) is 2.08. The van der Waals surface area contributed by atoms with Crippen molar-refractivity contribution < 1.29 is 9.53 Å². The lowest BCUT2D eigenvalue weighted by Crippen LogP contribution is -2.43. The first-order valence-corrected chi connectivity index (χ1v) is 5.65. The third-order valence-electron chi connectivity index (χ3n) is 3.74. The van der Waals surface area contributed by atoms with E-state index in [1.807, 2.05) is 12.1 Å². The van der Waals surface area contributed by atoms with Crippen molar-refractivity contribution in [1.29, 1.82) is 0 Å². The van der Waals surface area contributed by atoms with Gasteiger partial charge in [0.15, 0.2) is 5.69 Å². The zero-order chi connectivity index (χ0) is 12.0. The molecule has 1 aliphatic carbocycles. The minimum atomic E-state index is -0.297. The van der Waals surface area contributed by atoms with Crippen LogP contribution in [0.3, 0.4) is 0 Å². The van der Waals surface area contributed by atoms with Crippen molar-refractivity contribution in [2.45, 2.75) is 24.8 Å². The molecular formula is C13H12N2O2. The largest absolute Gasteiger partial charge is 0.452 e. The summed E-state index contributed by atoms with van der Waals surface area (Å²) in [4.78, 5) is 16.9. The number of hydrogen-bond donors (Lipinski definition) is 0. The molecule has 1 heterocycles. The number of carbonyl (C=O) groups excluding carboxylic acids is 1. The summed E-state index contributed by atoms with van der Waals surface area (Å²) in [6.07, 6.45) is 1.81. The van der Waals surface area contributed by atoms with Crippen molar-refractivity contribution in [3.8, 4) is 0 Å². The Hall–Kier alpha value is -2.02. The van der Waals surface area contributed by atoms with Gasteiger partial charge in [-0.15, -0.1) is 0 Å². The van der Waals surface area contributed by atoms with Gasteiger partial charge in [0.2, 0.25) is 0 Å². The third-order valence-corrected chi connectivity index (χ3v) is 3.74. The van der Waals surface area contributed by atoms with Crippen molar-refractivity contribution in [3.63, 3.8) is 0 Å². The molecule has 86 valence electrons. The Balaban J connectivity index is 2.08. The highest BCUT2D eigenvalue weighted by atomic mass is 16.5. The third kappa shape index (κ3) is 1.26. The Labute approximate surface area is 99.6 Å². The standard InChI is InChI=1S/C13H12N2O2/c1-14-8-3-5-12-10(7-8)9-4-6-11(9)15(12)13(16)17-2/h3,5,7,9,11H,4,6H2,2H3. The van der Waals surface area contributed by atoms with E-state index in [-0.39, 0.29) is 12.1 Å². The van der Waals surface area contributed by atoms with Gasteiger partial charge in [0, 0.05) is 17.6 Å². The molecule has 2 aliphatic rings. The van der Waals surface area contributed by atoms with Gasteiger partial charge >= 0.3 is 6.09 Å². The normalized spacial score (nSPS) is 24.4. The molecule has 1 aromatic carbocycles. The zero-order valence-electron chi connectivity index (χ0n) is 9.51. The molecular weight excluding hydrogens is 216 g/mol. The molecule has 0 spiro atoms. The van der Waals surface area contributed by atoms with Crippen LogP contribution in [0.1, 0.15) is 24.3 Å². The molecule has 3 rings (SSSR count). The maximum absolute atomic E-state index is 11.8. The van der Waals surface area contributed by atoms with E-state index in [4.69, 9.17) is 11.3 Å². The average molecular weight is 228 g/mol. The van der Waals surface area contributed by atoms with Crippen LogP contribution in [-0.4, -0.2) is 19.2 Å². The van der Waals surface area contributed by atoms with Gasteiger partial charge in [-0.1, -0.05) is 12.1 Å². The quantitative estimate of drug-likeness (QED) is 0.639. The summed E-state index contributed by atoms with van der Waals surface area (Å²) < 4.78 is 4.83. The highest BCUT2D eigenvalue weighted by molar-refractivity contribution is 5.92.